The molecule has 0 aromatic heterocycles. The Morgan fingerprint density at radius 2 is 2.03 bits per heavy atom. The minimum absolute atomic E-state index is 0.0356. The Bertz CT molecular complexity index is 1120. The van der Waals surface area contributed by atoms with Crippen molar-refractivity contribution in [2.75, 3.05) is 20.3 Å². The number of urea groups is 1. The number of esters is 1. The zero-order valence-corrected chi connectivity index (χ0v) is 18.2. The van der Waals surface area contributed by atoms with E-state index in [1.165, 1.54) is 4.90 Å². The molecule has 1 atom stereocenters. The number of carbonyl (C=O) groups excluding carboxylic acids is 3. The van der Waals surface area contributed by atoms with E-state index in [9.17, 15) is 14.4 Å². The molecule has 4 rings (SSSR count). The van der Waals surface area contributed by atoms with Crippen molar-refractivity contribution in [2.45, 2.75) is 26.4 Å². The fourth-order valence-corrected chi connectivity index (χ4v) is 3.97. The van der Waals surface area contributed by atoms with Gasteiger partial charge in [-0.25, -0.2) is 9.59 Å². The second-order valence-electron chi connectivity index (χ2n) is 7.89. The molecule has 8 nitrogen and oxygen atoms in total. The zero-order chi connectivity index (χ0) is 22.8. The van der Waals surface area contributed by atoms with Crippen LogP contribution in [0.2, 0.25) is 0 Å². The van der Waals surface area contributed by atoms with Crippen molar-refractivity contribution in [2.24, 2.45) is 0 Å². The highest BCUT2D eigenvalue weighted by Gasteiger charge is 2.43. The van der Waals surface area contributed by atoms with Crippen LogP contribution in [0.5, 0.6) is 5.75 Å². The Balaban J connectivity index is 1.53. The van der Waals surface area contributed by atoms with Gasteiger partial charge in [-0.2, -0.15) is 0 Å². The monoisotopic (exact) mass is 435 g/mol. The topological polar surface area (TPSA) is 97.0 Å². The van der Waals surface area contributed by atoms with Crippen molar-refractivity contribution in [1.82, 2.24) is 15.5 Å². The number of cyclic esters (lactones) is 1. The number of rotatable bonds is 6. The first-order valence-corrected chi connectivity index (χ1v) is 10.3. The average molecular weight is 435 g/mol. The third-order valence-corrected chi connectivity index (χ3v) is 5.67. The first-order chi connectivity index (χ1) is 15.4. The van der Waals surface area contributed by atoms with Crippen molar-refractivity contribution >= 4 is 17.9 Å². The van der Waals surface area contributed by atoms with Crippen LogP contribution in [-0.4, -0.2) is 43.1 Å². The number of nitrogens with one attached hydrogen (secondary N) is 2. The molecule has 2 heterocycles. The quantitative estimate of drug-likeness (QED) is 0.680. The van der Waals surface area contributed by atoms with E-state index in [0.717, 1.165) is 22.3 Å². The van der Waals surface area contributed by atoms with E-state index in [1.807, 2.05) is 56.3 Å². The van der Waals surface area contributed by atoms with Gasteiger partial charge in [0.1, 0.15) is 18.9 Å². The zero-order valence-electron chi connectivity index (χ0n) is 18.2. The van der Waals surface area contributed by atoms with Crippen LogP contribution in [-0.2, 0) is 20.9 Å². The summed E-state index contributed by atoms with van der Waals surface area (Å²) >= 11 is 0. The molecule has 32 heavy (non-hydrogen) atoms. The van der Waals surface area contributed by atoms with Crippen molar-refractivity contribution in [1.29, 1.82) is 0 Å². The smallest absolute Gasteiger partial charge is 0.338 e. The number of nitrogens with zero attached hydrogens (tertiary/aromatic N) is 1. The van der Waals surface area contributed by atoms with Crippen LogP contribution < -0.4 is 15.4 Å². The normalized spacial score (nSPS) is 17.6. The van der Waals surface area contributed by atoms with E-state index < -0.39 is 18.0 Å². The largest absolute Gasteiger partial charge is 0.497 e. The molecule has 2 aliphatic heterocycles. The minimum Gasteiger partial charge on any atom is -0.497 e. The molecule has 0 spiro atoms. The summed E-state index contributed by atoms with van der Waals surface area (Å²) in [6.45, 7) is 3.92. The lowest BCUT2D eigenvalue weighted by atomic mass is 9.91. The Kier molecular flexibility index (Phi) is 5.85. The van der Waals surface area contributed by atoms with Gasteiger partial charge in [0.25, 0.3) is 0 Å². The van der Waals surface area contributed by atoms with E-state index in [4.69, 9.17) is 9.47 Å². The molecule has 0 saturated heterocycles. The van der Waals surface area contributed by atoms with E-state index in [0.29, 0.717) is 17.0 Å². The van der Waals surface area contributed by atoms with Crippen molar-refractivity contribution in [3.05, 3.63) is 76.0 Å². The van der Waals surface area contributed by atoms with Crippen LogP contribution in [0, 0.1) is 13.8 Å². The number of aryl methyl sites for hydroxylation is 2. The van der Waals surface area contributed by atoms with Crippen LogP contribution >= 0.6 is 0 Å². The van der Waals surface area contributed by atoms with Gasteiger partial charge in [-0.15, -0.1) is 0 Å². The summed E-state index contributed by atoms with van der Waals surface area (Å²) in [4.78, 5) is 39.3. The van der Waals surface area contributed by atoms with Crippen LogP contribution in [0.4, 0.5) is 4.79 Å². The molecule has 0 radical (unpaired) electrons. The number of carbonyl (C=O) groups is 3. The summed E-state index contributed by atoms with van der Waals surface area (Å²) < 4.78 is 10.4. The minimum atomic E-state index is -0.608. The van der Waals surface area contributed by atoms with Crippen LogP contribution in [0.3, 0.4) is 0 Å². The lowest BCUT2D eigenvalue weighted by Gasteiger charge is -2.33. The standard InChI is InChI=1S/C24H25N3O5/c1-14-7-8-15(2)18(9-14)22-21-19(13-32-23(21)29)27(24(30)26-22)12-20(28)25-11-16-5-4-6-17(10-16)31-3/h4-10,22H,11-13H2,1-3H3,(H,25,28)(H,26,30). The fourth-order valence-electron chi connectivity index (χ4n) is 3.97. The molecule has 0 aliphatic carbocycles. The molecule has 1 unspecified atom stereocenters. The molecule has 2 aromatic rings. The van der Waals surface area contributed by atoms with E-state index >= 15 is 0 Å². The third kappa shape index (κ3) is 4.16. The van der Waals surface area contributed by atoms with Gasteiger partial charge in [0, 0.05) is 6.54 Å². The van der Waals surface area contributed by atoms with Crippen molar-refractivity contribution < 1.29 is 23.9 Å². The summed E-state index contributed by atoms with van der Waals surface area (Å²) in [5, 5.41) is 5.68. The van der Waals surface area contributed by atoms with E-state index in [2.05, 4.69) is 10.6 Å². The van der Waals surface area contributed by atoms with Gasteiger partial charge < -0.3 is 20.1 Å². The molecule has 166 valence electrons. The van der Waals surface area contributed by atoms with Crippen molar-refractivity contribution in [3.8, 4) is 5.75 Å². The molecular formula is C24H25N3O5. The number of ether oxygens (including phenoxy) is 2. The van der Waals surface area contributed by atoms with Crippen LogP contribution in [0.25, 0.3) is 0 Å². The highest BCUT2D eigenvalue weighted by atomic mass is 16.5. The predicted molar refractivity (Wildman–Crippen MR) is 117 cm³/mol. The number of methoxy groups -OCH3 is 1. The van der Waals surface area contributed by atoms with Crippen molar-refractivity contribution in [3.63, 3.8) is 0 Å². The van der Waals surface area contributed by atoms with Gasteiger partial charge in [-0.3, -0.25) is 9.69 Å². The second-order valence-corrected chi connectivity index (χ2v) is 7.89. The maximum Gasteiger partial charge on any atom is 0.338 e. The van der Waals surface area contributed by atoms with Gasteiger partial charge in [0.05, 0.1) is 24.4 Å². The molecular weight excluding hydrogens is 410 g/mol. The highest BCUT2D eigenvalue weighted by molar-refractivity contribution is 5.98. The number of amides is 3. The summed E-state index contributed by atoms with van der Waals surface area (Å²) in [6, 6.07) is 12.2. The maximum absolute atomic E-state index is 12.9. The van der Waals surface area contributed by atoms with Gasteiger partial charge in [-0.1, -0.05) is 35.9 Å². The number of hydrogen-bond acceptors (Lipinski definition) is 5. The van der Waals surface area contributed by atoms with Gasteiger partial charge in [-0.05, 0) is 42.7 Å². The average Bonchev–Trinajstić information content (AvgIpc) is 3.17. The lowest BCUT2D eigenvalue weighted by molar-refractivity contribution is -0.136. The van der Waals surface area contributed by atoms with E-state index in [-0.39, 0.29) is 25.6 Å². The summed E-state index contributed by atoms with van der Waals surface area (Å²) in [5.41, 5.74) is 4.49. The molecule has 2 aromatic carbocycles. The Labute approximate surface area is 186 Å². The van der Waals surface area contributed by atoms with Crippen LogP contribution in [0.1, 0.15) is 28.3 Å². The lowest BCUT2D eigenvalue weighted by Crippen LogP contribution is -2.50. The molecule has 2 N–H and O–H groups in total. The molecule has 0 saturated carbocycles. The number of benzene rings is 2. The molecule has 0 bridgehead atoms. The van der Waals surface area contributed by atoms with Gasteiger partial charge in [0.15, 0.2) is 0 Å². The fraction of sp³-hybridized carbons (Fsp3) is 0.292. The Morgan fingerprint density at radius 1 is 1.22 bits per heavy atom. The second kappa shape index (κ2) is 8.74. The molecule has 2 aliphatic rings. The SMILES string of the molecule is COc1cccc(CNC(=O)CN2C(=O)NC(c3cc(C)ccc3C)C3=C2COC3=O)c1. The number of hydrogen-bond donors (Lipinski definition) is 2. The maximum atomic E-state index is 12.9. The Morgan fingerprint density at radius 3 is 2.81 bits per heavy atom. The molecule has 8 heteroatoms. The van der Waals surface area contributed by atoms with E-state index in [1.54, 1.807) is 7.11 Å². The molecule has 3 amide bonds. The predicted octanol–water partition coefficient (Wildman–Crippen LogP) is 2.51. The Hall–Kier alpha value is -3.81. The first-order valence-electron chi connectivity index (χ1n) is 10.3. The van der Waals surface area contributed by atoms with Gasteiger partial charge >= 0.3 is 12.0 Å². The summed E-state index contributed by atoms with van der Waals surface area (Å²) in [5.74, 6) is -0.131. The molecule has 0 fully saturated rings. The first kappa shape index (κ1) is 21.4. The van der Waals surface area contributed by atoms with Crippen LogP contribution in [0.15, 0.2) is 53.7 Å². The third-order valence-electron chi connectivity index (χ3n) is 5.67. The summed E-state index contributed by atoms with van der Waals surface area (Å²) in [7, 11) is 1.58. The summed E-state index contributed by atoms with van der Waals surface area (Å²) in [6.07, 6.45) is 0. The van der Waals surface area contributed by atoms with Gasteiger partial charge in [0.2, 0.25) is 5.91 Å². The highest BCUT2D eigenvalue weighted by Crippen LogP contribution is 2.36.